The van der Waals surface area contributed by atoms with Crippen molar-refractivity contribution in [2.45, 2.75) is 6.18 Å². The Labute approximate surface area is 130 Å². The van der Waals surface area contributed by atoms with Crippen molar-refractivity contribution >= 4 is 17.3 Å². The Morgan fingerprint density at radius 2 is 1.96 bits per heavy atom. The summed E-state index contributed by atoms with van der Waals surface area (Å²) in [5, 5.41) is 2.63. The molecule has 0 aliphatic rings. The van der Waals surface area contributed by atoms with Crippen LogP contribution in [0.2, 0.25) is 0 Å². The molecular weight excluding hydrogens is 309 g/mol. The average molecular weight is 324 g/mol. The number of H-pyrrole nitrogens is 1. The molecule has 23 heavy (non-hydrogen) atoms. The molecule has 0 saturated heterocycles. The highest BCUT2D eigenvalue weighted by Crippen LogP contribution is 2.30. The largest absolute Gasteiger partial charge is 0.416 e. The van der Waals surface area contributed by atoms with Gasteiger partial charge >= 0.3 is 6.18 Å². The summed E-state index contributed by atoms with van der Waals surface area (Å²) in [7, 11) is 0. The van der Waals surface area contributed by atoms with Crippen molar-refractivity contribution in [3.05, 3.63) is 60.4 Å². The van der Waals surface area contributed by atoms with E-state index in [4.69, 9.17) is 0 Å². The third kappa shape index (κ3) is 4.80. The maximum absolute atomic E-state index is 12.6. The monoisotopic (exact) mass is 324 g/mol. The van der Waals surface area contributed by atoms with E-state index in [1.54, 1.807) is 18.3 Å². The number of amides is 1. The van der Waals surface area contributed by atoms with Gasteiger partial charge in [0.1, 0.15) is 0 Å². The summed E-state index contributed by atoms with van der Waals surface area (Å²) in [6.45, 7) is 3.54. The lowest BCUT2D eigenvalue weighted by Crippen LogP contribution is -2.39. The Bertz CT molecular complexity index is 680. The first-order valence-corrected chi connectivity index (χ1v) is 6.65. The van der Waals surface area contributed by atoms with Gasteiger partial charge in [0.05, 0.1) is 23.5 Å². The molecule has 2 aromatic rings. The first-order valence-electron chi connectivity index (χ1n) is 6.65. The van der Waals surface area contributed by atoms with E-state index in [0.717, 1.165) is 12.1 Å². The fraction of sp³-hybridized carbons (Fsp3) is 0.133. The number of carbonyl (C=O) groups is 1. The minimum Gasteiger partial charge on any atom is -0.376 e. The number of carbonyl (C=O) groups excluding carboxylic acids is 1. The maximum Gasteiger partial charge on any atom is 0.416 e. The molecule has 0 fully saturated rings. The smallest absolute Gasteiger partial charge is 0.376 e. The number of hydrogen-bond acceptors (Lipinski definition) is 3. The van der Waals surface area contributed by atoms with Gasteiger partial charge in [-0.15, -0.1) is 0 Å². The Balaban J connectivity index is 1.82. The van der Waals surface area contributed by atoms with Crippen LogP contribution in [0.5, 0.6) is 0 Å². The summed E-state index contributed by atoms with van der Waals surface area (Å²) in [5.74, 6) is -0.449. The van der Waals surface area contributed by atoms with Gasteiger partial charge in [-0.1, -0.05) is 12.6 Å². The molecule has 1 aromatic carbocycles. The second-order valence-corrected chi connectivity index (χ2v) is 4.67. The molecule has 5 nitrogen and oxygen atoms in total. The van der Waals surface area contributed by atoms with Crippen molar-refractivity contribution in [2.75, 3.05) is 11.9 Å². The fourth-order valence-corrected chi connectivity index (χ4v) is 1.76. The van der Waals surface area contributed by atoms with Crippen LogP contribution < -0.4 is 16.2 Å². The van der Waals surface area contributed by atoms with Crippen molar-refractivity contribution in [1.29, 1.82) is 0 Å². The van der Waals surface area contributed by atoms with Crippen LogP contribution in [-0.2, 0) is 11.0 Å². The molecule has 0 aliphatic carbocycles. The number of benzene rings is 1. The molecule has 1 heterocycles. The molecule has 1 aromatic heterocycles. The van der Waals surface area contributed by atoms with E-state index in [2.05, 4.69) is 27.7 Å². The number of aromatic amines is 1. The number of hydrogen-bond donors (Lipinski definition) is 4. The second kappa shape index (κ2) is 6.91. The van der Waals surface area contributed by atoms with Crippen molar-refractivity contribution in [3.63, 3.8) is 0 Å². The summed E-state index contributed by atoms with van der Waals surface area (Å²) >= 11 is 0. The molecule has 2 rings (SSSR count). The number of alkyl halides is 3. The maximum atomic E-state index is 12.6. The Morgan fingerprint density at radius 1 is 1.17 bits per heavy atom. The van der Waals surface area contributed by atoms with E-state index < -0.39 is 17.6 Å². The lowest BCUT2D eigenvalue weighted by molar-refractivity contribution is -0.137. The molecule has 4 N–H and O–H groups in total. The predicted octanol–water partition coefficient (Wildman–Crippen LogP) is 2.74. The van der Waals surface area contributed by atoms with E-state index in [-0.39, 0.29) is 12.2 Å². The molecule has 122 valence electrons. The van der Waals surface area contributed by atoms with Crippen molar-refractivity contribution in [3.8, 4) is 0 Å². The number of halogens is 3. The van der Waals surface area contributed by atoms with Crippen LogP contribution >= 0.6 is 0 Å². The number of hydrazine groups is 1. The molecule has 0 aliphatic heterocycles. The number of anilines is 1. The van der Waals surface area contributed by atoms with Gasteiger partial charge in [0.15, 0.2) is 0 Å². The Morgan fingerprint density at radius 3 is 2.61 bits per heavy atom. The van der Waals surface area contributed by atoms with Gasteiger partial charge in [0.2, 0.25) is 0 Å². The average Bonchev–Trinajstić information content (AvgIpc) is 3.04. The summed E-state index contributed by atoms with van der Waals surface area (Å²) in [6, 6.07) is 8.18. The lowest BCUT2D eigenvalue weighted by atomic mass is 10.2. The lowest BCUT2D eigenvalue weighted by Gasteiger charge is -2.12. The van der Waals surface area contributed by atoms with Gasteiger partial charge in [0.25, 0.3) is 5.91 Å². The van der Waals surface area contributed by atoms with Crippen molar-refractivity contribution in [1.82, 2.24) is 15.8 Å². The number of rotatable bonds is 6. The highest BCUT2D eigenvalue weighted by molar-refractivity contribution is 5.81. The minimum absolute atomic E-state index is 0.188. The third-order valence-electron chi connectivity index (χ3n) is 2.92. The Kier molecular flexibility index (Phi) is 4.95. The summed E-state index contributed by atoms with van der Waals surface area (Å²) in [4.78, 5) is 14.6. The first kappa shape index (κ1) is 16.5. The van der Waals surface area contributed by atoms with Crippen LogP contribution in [0.25, 0.3) is 5.70 Å². The molecule has 1 amide bonds. The SMILES string of the molecule is C=C(NNC(=O)CNc1cccc(C(F)(F)F)c1)c1ccc[nH]1. The van der Waals surface area contributed by atoms with Gasteiger partial charge in [-0.3, -0.25) is 15.6 Å². The minimum atomic E-state index is -4.42. The normalized spacial score (nSPS) is 10.9. The van der Waals surface area contributed by atoms with E-state index in [1.807, 2.05) is 0 Å². The summed E-state index contributed by atoms with van der Waals surface area (Å²) < 4.78 is 37.7. The molecule has 0 atom stereocenters. The van der Waals surface area contributed by atoms with Gasteiger partial charge < -0.3 is 10.3 Å². The predicted molar refractivity (Wildman–Crippen MR) is 81.0 cm³/mol. The highest BCUT2D eigenvalue weighted by atomic mass is 19.4. The van der Waals surface area contributed by atoms with Gasteiger partial charge in [-0.25, -0.2) is 0 Å². The number of aromatic nitrogens is 1. The van der Waals surface area contributed by atoms with E-state index >= 15 is 0 Å². The molecule has 0 spiro atoms. The first-order chi connectivity index (χ1) is 10.9. The molecule has 0 bridgehead atoms. The van der Waals surface area contributed by atoms with E-state index in [1.165, 1.54) is 12.1 Å². The molecule has 0 radical (unpaired) electrons. The van der Waals surface area contributed by atoms with E-state index in [9.17, 15) is 18.0 Å². The molecule has 8 heteroatoms. The second-order valence-electron chi connectivity index (χ2n) is 4.67. The zero-order chi connectivity index (χ0) is 16.9. The molecule has 0 saturated carbocycles. The fourth-order valence-electron chi connectivity index (χ4n) is 1.76. The zero-order valence-corrected chi connectivity index (χ0v) is 12.0. The zero-order valence-electron chi connectivity index (χ0n) is 12.0. The van der Waals surface area contributed by atoms with Crippen LogP contribution in [0.1, 0.15) is 11.3 Å². The van der Waals surface area contributed by atoms with E-state index in [0.29, 0.717) is 11.4 Å². The Hall–Kier alpha value is -2.90. The van der Waals surface area contributed by atoms with Gasteiger partial charge in [0, 0.05) is 11.9 Å². The van der Waals surface area contributed by atoms with Crippen molar-refractivity contribution < 1.29 is 18.0 Å². The van der Waals surface area contributed by atoms with Crippen LogP contribution in [0, 0.1) is 0 Å². The third-order valence-corrected chi connectivity index (χ3v) is 2.92. The quantitative estimate of drug-likeness (QED) is 0.618. The standard InChI is InChI=1S/C15H15F3N4O/c1-10(13-6-3-7-19-13)21-22-14(23)9-20-12-5-2-4-11(8-12)15(16,17)18/h2-8,19-21H,1,9H2,(H,22,23). The van der Waals surface area contributed by atoms with Crippen molar-refractivity contribution in [2.24, 2.45) is 0 Å². The van der Waals surface area contributed by atoms with Crippen LogP contribution in [0.15, 0.2) is 49.2 Å². The number of nitrogens with one attached hydrogen (secondary N) is 4. The van der Waals surface area contributed by atoms with Crippen LogP contribution in [-0.4, -0.2) is 17.4 Å². The summed E-state index contributed by atoms with van der Waals surface area (Å²) in [6.07, 6.45) is -2.71. The van der Waals surface area contributed by atoms with Gasteiger partial charge in [-0.05, 0) is 30.3 Å². The summed E-state index contributed by atoms with van der Waals surface area (Å²) in [5.41, 5.74) is 5.60. The van der Waals surface area contributed by atoms with Crippen LogP contribution in [0.4, 0.5) is 18.9 Å². The topological polar surface area (TPSA) is 68.9 Å². The van der Waals surface area contributed by atoms with Crippen LogP contribution in [0.3, 0.4) is 0 Å². The molecular formula is C15H15F3N4O. The van der Waals surface area contributed by atoms with Gasteiger partial charge in [-0.2, -0.15) is 13.2 Å². The molecule has 0 unspecified atom stereocenters. The highest BCUT2D eigenvalue weighted by Gasteiger charge is 2.30.